The first-order valence-electron chi connectivity index (χ1n) is 11.0. The summed E-state index contributed by atoms with van der Waals surface area (Å²) >= 11 is 0. The van der Waals surface area contributed by atoms with Crippen LogP contribution in [0.1, 0.15) is 75.3 Å². The number of ether oxygens (including phenoxy) is 2. The predicted octanol–water partition coefficient (Wildman–Crippen LogP) is 5.64. The molecule has 1 aromatic carbocycles. The van der Waals surface area contributed by atoms with Gasteiger partial charge in [-0.05, 0) is 36.1 Å². The van der Waals surface area contributed by atoms with Crippen molar-refractivity contribution in [3.05, 3.63) is 53.9 Å². The number of hydrogen-bond donors (Lipinski definition) is 1. The van der Waals surface area contributed by atoms with E-state index in [1.807, 2.05) is 30.6 Å². The summed E-state index contributed by atoms with van der Waals surface area (Å²) in [4.78, 5) is 4.37. The van der Waals surface area contributed by atoms with E-state index >= 15 is 0 Å². The summed E-state index contributed by atoms with van der Waals surface area (Å²) in [6.07, 6.45) is 13.3. The van der Waals surface area contributed by atoms with Crippen molar-refractivity contribution < 1.29 is 14.6 Å². The molecule has 0 aliphatic carbocycles. The number of aliphatic hydroxyl groups excluding tert-OH is 1. The molecule has 0 saturated carbocycles. The van der Waals surface area contributed by atoms with E-state index in [0.717, 1.165) is 30.8 Å². The van der Waals surface area contributed by atoms with Gasteiger partial charge in [0.2, 0.25) is 0 Å². The van der Waals surface area contributed by atoms with Gasteiger partial charge in [-0.25, -0.2) is 0 Å². The number of methoxy groups -OCH3 is 1. The van der Waals surface area contributed by atoms with Gasteiger partial charge in [-0.15, -0.1) is 0 Å². The summed E-state index contributed by atoms with van der Waals surface area (Å²) in [5, 5.41) is 8.88. The summed E-state index contributed by atoms with van der Waals surface area (Å²) < 4.78 is 11.6. The molecular formula is C25H35NO3. The molecule has 2 aromatic rings. The second-order valence-electron chi connectivity index (χ2n) is 8.39. The Morgan fingerprint density at radius 1 is 1.10 bits per heavy atom. The highest BCUT2D eigenvalue weighted by Gasteiger charge is 2.42. The Bertz CT molecular complexity index is 749. The molecule has 0 radical (unpaired) electrons. The first-order valence-corrected chi connectivity index (χ1v) is 11.0. The van der Waals surface area contributed by atoms with Crippen molar-refractivity contribution >= 4 is 0 Å². The quantitative estimate of drug-likeness (QED) is 0.499. The fraction of sp³-hybridized carbons (Fsp3) is 0.560. The fourth-order valence-electron chi connectivity index (χ4n) is 4.53. The van der Waals surface area contributed by atoms with Gasteiger partial charge in [-0.3, -0.25) is 4.98 Å². The number of benzene rings is 1. The van der Waals surface area contributed by atoms with Crippen molar-refractivity contribution in [2.24, 2.45) is 0 Å². The van der Waals surface area contributed by atoms with Crippen molar-refractivity contribution in [3.63, 3.8) is 0 Å². The third-order valence-electron chi connectivity index (χ3n) is 6.36. The average molecular weight is 398 g/mol. The van der Waals surface area contributed by atoms with E-state index < -0.39 is 0 Å². The SMILES string of the molecule is COc1ccc2c(c1)OCC(C)(c1cccnc1)C2CCCCCCCCCO. The lowest BCUT2D eigenvalue weighted by Gasteiger charge is -2.43. The summed E-state index contributed by atoms with van der Waals surface area (Å²) in [6, 6.07) is 10.5. The summed E-state index contributed by atoms with van der Waals surface area (Å²) in [5.41, 5.74) is 2.44. The second kappa shape index (κ2) is 10.6. The Morgan fingerprint density at radius 2 is 1.86 bits per heavy atom. The molecule has 2 atom stereocenters. The molecule has 158 valence electrons. The molecule has 2 heterocycles. The number of fused-ring (bicyclic) bond motifs is 1. The Morgan fingerprint density at radius 3 is 2.55 bits per heavy atom. The van der Waals surface area contributed by atoms with E-state index in [2.05, 4.69) is 24.0 Å². The van der Waals surface area contributed by atoms with Crippen LogP contribution in [0.15, 0.2) is 42.7 Å². The first kappa shape index (κ1) is 21.6. The number of aromatic nitrogens is 1. The summed E-state index contributed by atoms with van der Waals surface area (Å²) in [7, 11) is 1.70. The molecular weight excluding hydrogens is 362 g/mol. The highest BCUT2D eigenvalue weighted by Crippen LogP contribution is 2.49. The van der Waals surface area contributed by atoms with Crippen LogP contribution in [-0.2, 0) is 5.41 Å². The Labute approximate surface area is 175 Å². The van der Waals surface area contributed by atoms with Crippen molar-refractivity contribution in [2.45, 2.75) is 69.6 Å². The third-order valence-corrected chi connectivity index (χ3v) is 6.36. The van der Waals surface area contributed by atoms with Gasteiger partial charge in [-0.1, -0.05) is 57.6 Å². The standard InChI is InChI=1S/C25H35NO3/c1-25(20-11-10-15-26-18-20)19-29-24-17-21(28-2)13-14-22(24)23(25)12-8-6-4-3-5-7-9-16-27/h10-11,13-15,17-18,23,27H,3-9,12,16,19H2,1-2H3. The second-order valence-corrected chi connectivity index (χ2v) is 8.39. The molecule has 4 heteroatoms. The van der Waals surface area contributed by atoms with Crippen LogP contribution < -0.4 is 9.47 Å². The zero-order chi connectivity index (χ0) is 20.5. The lowest BCUT2D eigenvalue weighted by Crippen LogP contribution is -2.40. The van der Waals surface area contributed by atoms with Crippen LogP contribution in [0, 0.1) is 0 Å². The molecule has 0 fully saturated rings. The van der Waals surface area contributed by atoms with Gasteiger partial charge in [0.1, 0.15) is 11.5 Å². The van der Waals surface area contributed by atoms with E-state index in [-0.39, 0.29) is 5.41 Å². The van der Waals surface area contributed by atoms with Crippen molar-refractivity contribution in [3.8, 4) is 11.5 Å². The molecule has 2 unspecified atom stereocenters. The monoisotopic (exact) mass is 397 g/mol. The van der Waals surface area contributed by atoms with Gasteiger partial charge in [0.25, 0.3) is 0 Å². The fourth-order valence-corrected chi connectivity index (χ4v) is 4.53. The molecule has 0 amide bonds. The van der Waals surface area contributed by atoms with Crippen molar-refractivity contribution in [2.75, 3.05) is 20.3 Å². The Hall–Kier alpha value is -2.07. The maximum atomic E-state index is 8.88. The van der Waals surface area contributed by atoms with Crippen LogP contribution in [0.3, 0.4) is 0 Å². The largest absolute Gasteiger partial charge is 0.497 e. The Balaban J connectivity index is 1.70. The number of hydrogen-bond acceptors (Lipinski definition) is 4. The average Bonchev–Trinajstić information content (AvgIpc) is 2.77. The number of rotatable bonds is 11. The van der Waals surface area contributed by atoms with Gasteiger partial charge >= 0.3 is 0 Å². The van der Waals surface area contributed by atoms with Crippen LogP contribution in [0.4, 0.5) is 0 Å². The molecule has 1 aromatic heterocycles. The molecule has 1 aliphatic rings. The van der Waals surface area contributed by atoms with Gasteiger partial charge in [0, 0.05) is 36.4 Å². The molecule has 0 saturated heterocycles. The minimum Gasteiger partial charge on any atom is -0.497 e. The number of unbranched alkanes of at least 4 members (excludes halogenated alkanes) is 6. The van der Waals surface area contributed by atoms with E-state index in [1.165, 1.54) is 43.2 Å². The lowest BCUT2D eigenvalue weighted by molar-refractivity contribution is 0.161. The molecule has 0 bridgehead atoms. The number of pyridine rings is 1. The van der Waals surface area contributed by atoms with Crippen molar-refractivity contribution in [1.29, 1.82) is 0 Å². The molecule has 0 spiro atoms. The summed E-state index contributed by atoms with van der Waals surface area (Å²) in [5.74, 6) is 2.20. The van der Waals surface area contributed by atoms with Crippen LogP contribution >= 0.6 is 0 Å². The minimum absolute atomic E-state index is 0.0863. The number of nitrogens with zero attached hydrogens (tertiary/aromatic N) is 1. The maximum absolute atomic E-state index is 8.88. The molecule has 3 rings (SSSR count). The van der Waals surface area contributed by atoms with E-state index in [4.69, 9.17) is 14.6 Å². The zero-order valence-electron chi connectivity index (χ0n) is 17.9. The van der Waals surface area contributed by atoms with E-state index in [0.29, 0.717) is 19.1 Å². The first-order chi connectivity index (χ1) is 14.2. The van der Waals surface area contributed by atoms with E-state index in [9.17, 15) is 0 Å². The predicted molar refractivity (Wildman–Crippen MR) is 117 cm³/mol. The van der Waals surface area contributed by atoms with Crippen molar-refractivity contribution in [1.82, 2.24) is 4.98 Å². The molecule has 29 heavy (non-hydrogen) atoms. The normalized spacial score (nSPS) is 20.7. The van der Waals surface area contributed by atoms with Crippen LogP contribution in [0.25, 0.3) is 0 Å². The van der Waals surface area contributed by atoms with Gasteiger partial charge in [-0.2, -0.15) is 0 Å². The molecule has 4 nitrogen and oxygen atoms in total. The maximum Gasteiger partial charge on any atom is 0.126 e. The lowest BCUT2D eigenvalue weighted by atomic mass is 9.66. The Kier molecular flexibility index (Phi) is 7.93. The highest BCUT2D eigenvalue weighted by atomic mass is 16.5. The molecule has 1 aliphatic heterocycles. The minimum atomic E-state index is -0.0863. The highest BCUT2D eigenvalue weighted by molar-refractivity contribution is 5.47. The smallest absolute Gasteiger partial charge is 0.126 e. The van der Waals surface area contributed by atoms with Crippen LogP contribution in [0.5, 0.6) is 11.5 Å². The van der Waals surface area contributed by atoms with Crippen LogP contribution in [-0.4, -0.2) is 30.4 Å². The zero-order valence-corrected chi connectivity index (χ0v) is 17.9. The third kappa shape index (κ3) is 5.30. The van der Waals surface area contributed by atoms with Crippen LogP contribution in [0.2, 0.25) is 0 Å². The summed E-state index contributed by atoms with van der Waals surface area (Å²) in [6.45, 7) is 3.29. The van der Waals surface area contributed by atoms with E-state index in [1.54, 1.807) is 7.11 Å². The topological polar surface area (TPSA) is 51.6 Å². The van der Waals surface area contributed by atoms with Gasteiger partial charge in [0.15, 0.2) is 0 Å². The number of aliphatic hydroxyl groups is 1. The van der Waals surface area contributed by atoms with Gasteiger partial charge < -0.3 is 14.6 Å². The van der Waals surface area contributed by atoms with Gasteiger partial charge in [0.05, 0.1) is 13.7 Å². The molecule has 1 N–H and O–H groups in total.